The van der Waals surface area contributed by atoms with Crippen LogP contribution in [0.1, 0.15) is 5.89 Å². The molecule has 0 atom stereocenters. The number of anilines is 1. The molecule has 0 unspecified atom stereocenters. The van der Waals surface area contributed by atoms with Crippen LogP contribution in [0.15, 0.2) is 62.4 Å². The topological polar surface area (TPSA) is 64.9 Å². The lowest BCUT2D eigenvalue weighted by Crippen LogP contribution is -1.89. The molecule has 2 aromatic carbocycles. The number of nitrogens with zero attached hydrogens (tertiary/aromatic N) is 2. The van der Waals surface area contributed by atoms with Crippen LogP contribution in [0.2, 0.25) is 0 Å². The molecule has 1 aromatic heterocycles. The van der Waals surface area contributed by atoms with Crippen molar-refractivity contribution in [3.05, 3.63) is 58.9 Å². The lowest BCUT2D eigenvalue weighted by Gasteiger charge is -2.03. The predicted octanol–water partition coefficient (Wildman–Crippen LogP) is 4.37. The molecule has 0 fully saturated rings. The average molecular weight is 362 g/mol. The maximum atomic E-state index is 5.94. The summed E-state index contributed by atoms with van der Waals surface area (Å²) in [6.07, 6.45) is 0. The number of hydrogen-bond acceptors (Lipinski definition) is 5. The predicted molar refractivity (Wildman–Crippen MR) is 87.8 cm³/mol. The molecule has 3 rings (SSSR count). The number of aromatic nitrogens is 2. The first-order chi connectivity index (χ1) is 10.2. The van der Waals surface area contributed by atoms with Gasteiger partial charge in [0.1, 0.15) is 0 Å². The van der Waals surface area contributed by atoms with E-state index in [-0.39, 0.29) is 0 Å². The second-order valence-electron chi connectivity index (χ2n) is 4.35. The van der Waals surface area contributed by atoms with E-state index in [2.05, 4.69) is 26.1 Å². The summed E-state index contributed by atoms with van der Waals surface area (Å²) >= 11 is 5.01. The van der Waals surface area contributed by atoms with Crippen molar-refractivity contribution in [2.24, 2.45) is 0 Å². The molecule has 0 aliphatic heterocycles. The van der Waals surface area contributed by atoms with E-state index >= 15 is 0 Å². The first-order valence-electron chi connectivity index (χ1n) is 6.28. The number of benzene rings is 2. The van der Waals surface area contributed by atoms with Gasteiger partial charge in [-0.2, -0.15) is 4.98 Å². The van der Waals surface area contributed by atoms with Crippen molar-refractivity contribution in [2.75, 3.05) is 5.73 Å². The summed E-state index contributed by atoms with van der Waals surface area (Å²) in [4.78, 5) is 5.39. The van der Waals surface area contributed by atoms with Crippen molar-refractivity contribution in [3.8, 4) is 11.4 Å². The van der Waals surface area contributed by atoms with Crippen molar-refractivity contribution < 1.29 is 4.52 Å². The Kier molecular flexibility index (Phi) is 4.26. The van der Waals surface area contributed by atoms with Gasteiger partial charge in [-0.25, -0.2) is 0 Å². The Hall–Kier alpha value is -1.79. The minimum Gasteiger partial charge on any atom is -0.398 e. The molecule has 0 spiro atoms. The Balaban J connectivity index is 1.72. The fourth-order valence-electron chi connectivity index (χ4n) is 1.79. The van der Waals surface area contributed by atoms with E-state index in [4.69, 9.17) is 10.3 Å². The molecule has 4 nitrogen and oxygen atoms in total. The standard InChI is InChI=1S/C15H12BrN3OS/c16-11-6-7-12(17)13(8-11)21-9-14-18-15(19-20-14)10-4-2-1-3-5-10/h1-8H,9,17H2. The number of halogens is 1. The van der Waals surface area contributed by atoms with E-state index < -0.39 is 0 Å². The maximum absolute atomic E-state index is 5.94. The molecule has 2 N–H and O–H groups in total. The van der Waals surface area contributed by atoms with Crippen LogP contribution in [-0.4, -0.2) is 10.1 Å². The molecular weight excluding hydrogens is 350 g/mol. The third-order valence-corrected chi connectivity index (χ3v) is 4.38. The zero-order valence-corrected chi connectivity index (χ0v) is 13.4. The molecule has 0 saturated carbocycles. The van der Waals surface area contributed by atoms with Crippen molar-refractivity contribution in [1.29, 1.82) is 0 Å². The van der Waals surface area contributed by atoms with E-state index in [9.17, 15) is 0 Å². The van der Waals surface area contributed by atoms with Crippen molar-refractivity contribution in [2.45, 2.75) is 10.6 Å². The lowest BCUT2D eigenvalue weighted by atomic mass is 10.2. The second-order valence-corrected chi connectivity index (χ2v) is 6.28. The Morgan fingerprint density at radius 2 is 1.95 bits per heavy atom. The summed E-state index contributed by atoms with van der Waals surface area (Å²) < 4.78 is 6.27. The number of nitrogen functional groups attached to an aromatic ring is 1. The van der Waals surface area contributed by atoms with Crippen molar-refractivity contribution in [1.82, 2.24) is 10.1 Å². The van der Waals surface area contributed by atoms with Gasteiger partial charge in [-0.3, -0.25) is 0 Å². The molecule has 0 radical (unpaired) electrons. The molecule has 106 valence electrons. The number of nitrogens with two attached hydrogens (primary N) is 1. The maximum Gasteiger partial charge on any atom is 0.237 e. The Labute approximate surface area is 134 Å². The van der Waals surface area contributed by atoms with Crippen LogP contribution in [0.5, 0.6) is 0 Å². The fraction of sp³-hybridized carbons (Fsp3) is 0.0667. The fourth-order valence-corrected chi connectivity index (χ4v) is 3.14. The molecule has 0 aliphatic carbocycles. The van der Waals surface area contributed by atoms with Crippen LogP contribution in [-0.2, 0) is 5.75 Å². The summed E-state index contributed by atoms with van der Waals surface area (Å²) in [5.41, 5.74) is 7.63. The normalized spacial score (nSPS) is 10.7. The summed E-state index contributed by atoms with van der Waals surface area (Å²) in [5.74, 6) is 1.77. The molecule has 6 heteroatoms. The quantitative estimate of drug-likeness (QED) is 0.551. The minimum atomic E-state index is 0.582. The van der Waals surface area contributed by atoms with Crippen LogP contribution >= 0.6 is 27.7 Å². The summed E-state index contributed by atoms with van der Waals surface area (Å²) in [5, 5.41) is 4.00. The summed E-state index contributed by atoms with van der Waals surface area (Å²) in [6, 6.07) is 15.5. The van der Waals surface area contributed by atoms with Gasteiger partial charge >= 0.3 is 0 Å². The van der Waals surface area contributed by atoms with Crippen LogP contribution in [0.3, 0.4) is 0 Å². The number of hydrogen-bond donors (Lipinski definition) is 1. The smallest absolute Gasteiger partial charge is 0.237 e. The molecule has 0 bridgehead atoms. The van der Waals surface area contributed by atoms with Gasteiger partial charge in [-0.1, -0.05) is 51.4 Å². The highest BCUT2D eigenvalue weighted by Crippen LogP contribution is 2.30. The first kappa shape index (κ1) is 14.2. The number of thioether (sulfide) groups is 1. The van der Waals surface area contributed by atoms with Gasteiger partial charge in [0.15, 0.2) is 0 Å². The highest BCUT2D eigenvalue weighted by atomic mass is 79.9. The van der Waals surface area contributed by atoms with E-state index in [1.807, 2.05) is 48.5 Å². The van der Waals surface area contributed by atoms with E-state index in [1.165, 1.54) is 0 Å². The van der Waals surface area contributed by atoms with Crippen molar-refractivity contribution in [3.63, 3.8) is 0 Å². The van der Waals surface area contributed by atoms with Crippen LogP contribution in [0.25, 0.3) is 11.4 Å². The van der Waals surface area contributed by atoms with Gasteiger partial charge in [0.05, 0.1) is 5.75 Å². The zero-order chi connectivity index (χ0) is 14.7. The number of rotatable bonds is 4. The van der Waals surface area contributed by atoms with E-state index in [0.29, 0.717) is 17.5 Å². The monoisotopic (exact) mass is 361 g/mol. The second kappa shape index (κ2) is 6.32. The Bertz CT molecular complexity index is 746. The molecule has 0 aliphatic rings. The minimum absolute atomic E-state index is 0.582. The van der Waals surface area contributed by atoms with Gasteiger partial charge in [0.2, 0.25) is 11.7 Å². The van der Waals surface area contributed by atoms with Crippen LogP contribution in [0, 0.1) is 0 Å². The van der Waals surface area contributed by atoms with Crippen LogP contribution in [0.4, 0.5) is 5.69 Å². The van der Waals surface area contributed by atoms with Gasteiger partial charge in [0.25, 0.3) is 0 Å². The summed E-state index contributed by atoms with van der Waals surface area (Å²) in [7, 11) is 0. The van der Waals surface area contributed by atoms with E-state index in [0.717, 1.165) is 20.6 Å². The van der Waals surface area contributed by atoms with Gasteiger partial charge < -0.3 is 10.3 Å². The molecule has 3 aromatic rings. The third kappa shape index (κ3) is 3.46. The van der Waals surface area contributed by atoms with Gasteiger partial charge in [0, 0.05) is 20.6 Å². The molecular formula is C15H12BrN3OS. The van der Waals surface area contributed by atoms with Gasteiger partial charge in [-0.05, 0) is 18.2 Å². The Morgan fingerprint density at radius 1 is 1.14 bits per heavy atom. The largest absolute Gasteiger partial charge is 0.398 e. The first-order valence-corrected chi connectivity index (χ1v) is 8.06. The third-order valence-electron chi connectivity index (χ3n) is 2.83. The molecule has 21 heavy (non-hydrogen) atoms. The van der Waals surface area contributed by atoms with Crippen molar-refractivity contribution >= 4 is 33.4 Å². The van der Waals surface area contributed by atoms with Gasteiger partial charge in [-0.15, -0.1) is 11.8 Å². The zero-order valence-electron chi connectivity index (χ0n) is 11.0. The average Bonchev–Trinajstić information content (AvgIpc) is 2.98. The highest BCUT2D eigenvalue weighted by Gasteiger charge is 2.09. The highest BCUT2D eigenvalue weighted by molar-refractivity contribution is 9.10. The lowest BCUT2D eigenvalue weighted by molar-refractivity contribution is 0.391. The molecule has 1 heterocycles. The SMILES string of the molecule is Nc1ccc(Br)cc1SCc1nc(-c2ccccc2)no1. The summed E-state index contributed by atoms with van der Waals surface area (Å²) in [6.45, 7) is 0. The Morgan fingerprint density at radius 3 is 2.76 bits per heavy atom. The molecule has 0 amide bonds. The molecule has 0 saturated heterocycles. The van der Waals surface area contributed by atoms with E-state index in [1.54, 1.807) is 11.8 Å². The van der Waals surface area contributed by atoms with Crippen LogP contribution < -0.4 is 5.73 Å².